The highest BCUT2D eigenvalue weighted by Crippen LogP contribution is 2.14. The second kappa shape index (κ2) is 6.62. The molecule has 1 aliphatic heterocycles. The second-order valence-electron chi connectivity index (χ2n) is 4.83. The summed E-state index contributed by atoms with van der Waals surface area (Å²) in [5.74, 6) is -2.09. The molecule has 7 heteroatoms. The lowest BCUT2D eigenvalue weighted by atomic mass is 10.1. The largest absolute Gasteiger partial charge is 0.338 e. The summed E-state index contributed by atoms with van der Waals surface area (Å²) in [6.07, 6.45) is 0. The van der Waals surface area contributed by atoms with E-state index in [1.807, 2.05) is 0 Å². The summed E-state index contributed by atoms with van der Waals surface area (Å²) < 4.78 is 26.5. The van der Waals surface area contributed by atoms with Crippen molar-refractivity contribution in [3.63, 3.8) is 0 Å². The molecule has 2 amide bonds. The van der Waals surface area contributed by atoms with Crippen molar-refractivity contribution in [3.8, 4) is 0 Å². The van der Waals surface area contributed by atoms with Crippen molar-refractivity contribution in [1.29, 1.82) is 0 Å². The maximum atomic E-state index is 13.6. The number of nitrogens with zero attached hydrogens (tertiary/aromatic N) is 2. The molecule has 1 aromatic carbocycles. The third kappa shape index (κ3) is 3.55. The molecule has 114 valence electrons. The fourth-order valence-corrected chi connectivity index (χ4v) is 2.26. The highest BCUT2D eigenvalue weighted by molar-refractivity contribution is 5.94. The van der Waals surface area contributed by atoms with E-state index in [9.17, 15) is 18.4 Å². The minimum Gasteiger partial charge on any atom is -0.338 e. The Kier molecular flexibility index (Phi) is 4.85. The van der Waals surface area contributed by atoms with Gasteiger partial charge in [0.1, 0.15) is 11.6 Å². The number of amides is 2. The number of nitrogens with one attached hydrogen (secondary N) is 1. The van der Waals surface area contributed by atoms with E-state index in [1.165, 1.54) is 4.90 Å². The van der Waals surface area contributed by atoms with Gasteiger partial charge < -0.3 is 15.1 Å². The molecule has 0 atom stereocenters. The van der Waals surface area contributed by atoms with Crippen LogP contribution in [0.3, 0.4) is 0 Å². The molecule has 1 heterocycles. The van der Waals surface area contributed by atoms with E-state index in [0.29, 0.717) is 32.2 Å². The maximum absolute atomic E-state index is 13.6. The molecule has 0 spiro atoms. The first-order valence-electron chi connectivity index (χ1n) is 6.69. The van der Waals surface area contributed by atoms with Crippen LogP contribution in [-0.2, 0) is 4.79 Å². The molecule has 1 saturated heterocycles. The number of halogens is 2. The van der Waals surface area contributed by atoms with E-state index in [0.717, 1.165) is 12.1 Å². The fraction of sp³-hybridized carbons (Fsp3) is 0.429. The zero-order valence-corrected chi connectivity index (χ0v) is 11.7. The zero-order chi connectivity index (χ0) is 15.4. The molecule has 5 nitrogen and oxygen atoms in total. The van der Waals surface area contributed by atoms with Gasteiger partial charge in [-0.1, -0.05) is 0 Å². The smallest absolute Gasteiger partial charge is 0.256 e. The lowest BCUT2D eigenvalue weighted by molar-refractivity contribution is -0.131. The van der Waals surface area contributed by atoms with E-state index in [2.05, 4.69) is 5.32 Å². The summed E-state index contributed by atoms with van der Waals surface area (Å²) in [7, 11) is 1.69. The summed E-state index contributed by atoms with van der Waals surface area (Å²) in [6.45, 7) is 1.75. The van der Waals surface area contributed by atoms with Gasteiger partial charge in [0.25, 0.3) is 5.91 Å². The molecule has 0 saturated carbocycles. The normalized spacial score (nSPS) is 15.2. The summed E-state index contributed by atoms with van der Waals surface area (Å²) in [5.41, 5.74) is -0.147. The Labute approximate surface area is 121 Å². The van der Waals surface area contributed by atoms with Crippen molar-refractivity contribution in [2.24, 2.45) is 0 Å². The molecule has 2 rings (SSSR count). The maximum Gasteiger partial charge on any atom is 0.256 e. The Hall–Kier alpha value is -2.02. The SMILES string of the molecule is CNCC(=O)N1CCN(C(=O)c2ccc(F)cc2F)CC1. The first-order chi connectivity index (χ1) is 10.0. The van der Waals surface area contributed by atoms with Crippen molar-refractivity contribution in [2.45, 2.75) is 0 Å². The van der Waals surface area contributed by atoms with Crippen molar-refractivity contribution >= 4 is 11.8 Å². The van der Waals surface area contributed by atoms with Crippen molar-refractivity contribution in [3.05, 3.63) is 35.4 Å². The molecule has 0 bridgehead atoms. The molecule has 1 aliphatic rings. The van der Waals surface area contributed by atoms with Crippen LogP contribution in [0.2, 0.25) is 0 Å². The van der Waals surface area contributed by atoms with Crippen LogP contribution in [0, 0.1) is 11.6 Å². The Bertz CT molecular complexity index is 543. The monoisotopic (exact) mass is 297 g/mol. The lowest BCUT2D eigenvalue weighted by Crippen LogP contribution is -2.52. The van der Waals surface area contributed by atoms with E-state index in [-0.39, 0.29) is 18.0 Å². The van der Waals surface area contributed by atoms with Gasteiger partial charge in [0, 0.05) is 32.2 Å². The molecule has 0 aliphatic carbocycles. The number of carbonyl (C=O) groups is 2. The lowest BCUT2D eigenvalue weighted by Gasteiger charge is -2.34. The van der Waals surface area contributed by atoms with Gasteiger partial charge in [0.2, 0.25) is 5.91 Å². The Morgan fingerprint density at radius 2 is 1.76 bits per heavy atom. The molecule has 0 aromatic heterocycles. The van der Waals surface area contributed by atoms with Crippen LogP contribution in [-0.4, -0.2) is 61.4 Å². The molecular formula is C14H17F2N3O2. The minimum absolute atomic E-state index is 0.0300. The van der Waals surface area contributed by atoms with Gasteiger partial charge in [-0.2, -0.15) is 0 Å². The third-order valence-electron chi connectivity index (χ3n) is 3.41. The minimum atomic E-state index is -0.867. The number of hydrogen-bond acceptors (Lipinski definition) is 3. The predicted molar refractivity (Wildman–Crippen MR) is 72.8 cm³/mol. The van der Waals surface area contributed by atoms with Crippen LogP contribution in [0.15, 0.2) is 18.2 Å². The first kappa shape index (κ1) is 15.4. The predicted octanol–water partition coefficient (Wildman–Crippen LogP) is 0.469. The van der Waals surface area contributed by atoms with E-state index in [1.54, 1.807) is 11.9 Å². The third-order valence-corrected chi connectivity index (χ3v) is 3.41. The number of benzene rings is 1. The number of carbonyl (C=O) groups excluding carboxylic acids is 2. The standard InChI is InChI=1S/C14H17F2N3O2/c1-17-9-13(20)18-4-6-19(7-5-18)14(21)11-3-2-10(15)8-12(11)16/h2-3,8,17H,4-7,9H2,1H3. The van der Waals surface area contributed by atoms with Crippen LogP contribution in [0.1, 0.15) is 10.4 Å². The topological polar surface area (TPSA) is 52.7 Å². The van der Waals surface area contributed by atoms with Gasteiger partial charge in [-0.15, -0.1) is 0 Å². The summed E-state index contributed by atoms with van der Waals surface area (Å²) in [5, 5.41) is 2.78. The number of rotatable bonds is 3. The van der Waals surface area contributed by atoms with Crippen LogP contribution in [0.5, 0.6) is 0 Å². The molecule has 1 aromatic rings. The Morgan fingerprint density at radius 3 is 2.33 bits per heavy atom. The highest BCUT2D eigenvalue weighted by Gasteiger charge is 2.25. The Morgan fingerprint density at radius 1 is 1.14 bits per heavy atom. The van der Waals surface area contributed by atoms with E-state index >= 15 is 0 Å². The molecule has 0 radical (unpaired) electrons. The molecular weight excluding hydrogens is 280 g/mol. The van der Waals surface area contributed by atoms with E-state index in [4.69, 9.17) is 0 Å². The van der Waals surface area contributed by atoms with Crippen LogP contribution in [0.25, 0.3) is 0 Å². The molecule has 21 heavy (non-hydrogen) atoms. The van der Waals surface area contributed by atoms with Crippen molar-refractivity contribution in [2.75, 3.05) is 39.8 Å². The van der Waals surface area contributed by atoms with Gasteiger partial charge in [-0.3, -0.25) is 9.59 Å². The quantitative estimate of drug-likeness (QED) is 0.882. The van der Waals surface area contributed by atoms with Crippen LogP contribution >= 0.6 is 0 Å². The average molecular weight is 297 g/mol. The van der Waals surface area contributed by atoms with Crippen LogP contribution in [0.4, 0.5) is 8.78 Å². The van der Waals surface area contributed by atoms with Gasteiger partial charge in [0.05, 0.1) is 12.1 Å². The van der Waals surface area contributed by atoms with Gasteiger partial charge >= 0.3 is 0 Å². The molecule has 0 unspecified atom stereocenters. The summed E-state index contributed by atoms with van der Waals surface area (Å²) >= 11 is 0. The number of hydrogen-bond donors (Lipinski definition) is 1. The molecule has 1 fully saturated rings. The van der Waals surface area contributed by atoms with Crippen LogP contribution < -0.4 is 5.32 Å². The average Bonchev–Trinajstić information content (AvgIpc) is 2.47. The Balaban J connectivity index is 1.98. The van der Waals surface area contributed by atoms with Gasteiger partial charge in [0.15, 0.2) is 0 Å². The summed E-state index contributed by atoms with van der Waals surface area (Å²) in [6, 6.07) is 2.90. The number of likely N-dealkylation sites (N-methyl/N-ethyl adjacent to an activating group) is 1. The fourth-order valence-electron chi connectivity index (χ4n) is 2.26. The second-order valence-corrected chi connectivity index (χ2v) is 4.83. The van der Waals surface area contributed by atoms with Crippen molar-refractivity contribution in [1.82, 2.24) is 15.1 Å². The zero-order valence-electron chi connectivity index (χ0n) is 11.7. The molecule has 1 N–H and O–H groups in total. The van der Waals surface area contributed by atoms with Gasteiger partial charge in [-0.25, -0.2) is 8.78 Å². The highest BCUT2D eigenvalue weighted by atomic mass is 19.1. The first-order valence-corrected chi connectivity index (χ1v) is 6.69. The van der Waals surface area contributed by atoms with Crippen molar-refractivity contribution < 1.29 is 18.4 Å². The number of piperazine rings is 1. The summed E-state index contributed by atoms with van der Waals surface area (Å²) in [4.78, 5) is 27.0. The van der Waals surface area contributed by atoms with Gasteiger partial charge in [-0.05, 0) is 19.2 Å². The van der Waals surface area contributed by atoms with E-state index < -0.39 is 17.5 Å².